The zero-order chi connectivity index (χ0) is 18.4. The van der Waals surface area contributed by atoms with Crippen molar-refractivity contribution in [2.75, 3.05) is 0 Å². The molecule has 2 aliphatic heterocycles. The predicted octanol–water partition coefficient (Wildman–Crippen LogP) is 4.87. The van der Waals surface area contributed by atoms with Crippen molar-refractivity contribution in [3.05, 3.63) is 84.4 Å². The van der Waals surface area contributed by atoms with E-state index in [1.165, 1.54) is 12.1 Å². The molecule has 0 saturated carbocycles. The van der Waals surface area contributed by atoms with E-state index >= 15 is 0 Å². The van der Waals surface area contributed by atoms with Crippen LogP contribution in [0.2, 0.25) is 0 Å². The van der Waals surface area contributed by atoms with E-state index < -0.39 is 11.6 Å². The summed E-state index contributed by atoms with van der Waals surface area (Å²) in [5.74, 6) is 0.152. The van der Waals surface area contributed by atoms with Gasteiger partial charge in [-0.1, -0.05) is 48.5 Å². The highest BCUT2D eigenvalue weighted by Gasteiger charge is 2.23. The Balaban J connectivity index is 1.91. The Hall–Kier alpha value is -3.67. The molecule has 0 saturated heterocycles. The van der Waals surface area contributed by atoms with Crippen LogP contribution in [0.1, 0.15) is 0 Å². The summed E-state index contributed by atoms with van der Waals surface area (Å²) in [7, 11) is 0. The SMILES string of the molecule is Fc1ccccc1-n1c2nc(-c3ccccc3)nc-2nc2c(F)cccc21. The lowest BCUT2D eigenvalue weighted by Crippen LogP contribution is -2.08. The van der Waals surface area contributed by atoms with E-state index in [1.54, 1.807) is 34.9 Å². The summed E-state index contributed by atoms with van der Waals surface area (Å²) in [6.45, 7) is 0. The Morgan fingerprint density at radius 3 is 2.19 bits per heavy atom. The first-order chi connectivity index (χ1) is 13.2. The van der Waals surface area contributed by atoms with Gasteiger partial charge in [0.05, 0.1) is 11.2 Å². The number of aromatic nitrogens is 4. The van der Waals surface area contributed by atoms with Gasteiger partial charge < -0.3 is 0 Å². The molecule has 6 heteroatoms. The lowest BCUT2D eigenvalue weighted by Gasteiger charge is -2.15. The summed E-state index contributed by atoms with van der Waals surface area (Å²) in [6, 6.07) is 20.3. The standard InChI is InChI=1S/C21H12F2N4/c22-14-9-4-5-11-16(14)27-17-12-6-10-15(23)18(17)24-20-21(27)26-19(25-20)13-7-2-1-3-8-13/h1-12H. The van der Waals surface area contributed by atoms with E-state index in [1.807, 2.05) is 30.3 Å². The number of nitrogens with zero attached hydrogens (tertiary/aromatic N) is 4. The smallest absolute Gasteiger partial charge is 0.199 e. The van der Waals surface area contributed by atoms with E-state index in [0.29, 0.717) is 17.2 Å². The maximum Gasteiger partial charge on any atom is 0.199 e. The molecule has 2 aliphatic rings. The average molecular weight is 358 g/mol. The Morgan fingerprint density at radius 2 is 1.37 bits per heavy atom. The Labute approximate surface area is 153 Å². The van der Waals surface area contributed by atoms with E-state index in [-0.39, 0.29) is 17.0 Å². The van der Waals surface area contributed by atoms with Gasteiger partial charge in [-0.15, -0.1) is 0 Å². The second-order valence-corrected chi connectivity index (χ2v) is 6.07. The number of imidazole rings is 1. The molecule has 3 aromatic rings. The highest BCUT2D eigenvalue weighted by molar-refractivity contribution is 5.82. The second kappa shape index (κ2) is 5.95. The molecule has 0 N–H and O–H groups in total. The van der Waals surface area contributed by atoms with Crippen LogP contribution in [-0.4, -0.2) is 19.5 Å². The minimum atomic E-state index is -0.497. The second-order valence-electron chi connectivity index (χ2n) is 6.07. The Morgan fingerprint density at radius 1 is 0.630 bits per heavy atom. The predicted molar refractivity (Wildman–Crippen MR) is 98.6 cm³/mol. The van der Waals surface area contributed by atoms with Crippen molar-refractivity contribution in [3.63, 3.8) is 0 Å². The van der Waals surface area contributed by atoms with Crippen molar-refractivity contribution >= 4 is 11.0 Å². The fourth-order valence-corrected chi connectivity index (χ4v) is 3.16. The van der Waals surface area contributed by atoms with Crippen molar-refractivity contribution in [1.29, 1.82) is 0 Å². The normalized spacial score (nSPS) is 11.3. The van der Waals surface area contributed by atoms with Crippen LogP contribution in [0.25, 0.3) is 39.8 Å². The molecule has 0 aromatic heterocycles. The number of para-hydroxylation sites is 2. The molecular weight excluding hydrogens is 346 g/mol. The third kappa shape index (κ3) is 2.45. The molecule has 0 fully saturated rings. The largest absolute Gasteiger partial charge is 0.287 e. The van der Waals surface area contributed by atoms with Crippen LogP contribution in [0, 0.1) is 11.6 Å². The maximum absolute atomic E-state index is 14.6. The first kappa shape index (κ1) is 15.6. The number of hydrogen-bond acceptors (Lipinski definition) is 3. The van der Waals surface area contributed by atoms with Gasteiger partial charge in [0, 0.05) is 5.56 Å². The topological polar surface area (TPSA) is 43.6 Å². The van der Waals surface area contributed by atoms with Gasteiger partial charge in [0.2, 0.25) is 0 Å². The summed E-state index contributed by atoms with van der Waals surface area (Å²) < 4.78 is 30.6. The van der Waals surface area contributed by atoms with E-state index in [4.69, 9.17) is 0 Å². The molecular formula is C21H12F2N4. The van der Waals surface area contributed by atoms with Crippen LogP contribution < -0.4 is 0 Å². The maximum atomic E-state index is 14.6. The van der Waals surface area contributed by atoms with Crippen LogP contribution >= 0.6 is 0 Å². The first-order valence-electron chi connectivity index (χ1n) is 8.37. The fourth-order valence-electron chi connectivity index (χ4n) is 3.16. The number of benzene rings is 3. The molecule has 0 amide bonds. The lowest BCUT2D eigenvalue weighted by atomic mass is 10.2. The number of fused-ring (bicyclic) bond motifs is 2. The van der Waals surface area contributed by atoms with Gasteiger partial charge in [-0.3, -0.25) is 4.57 Å². The Kier molecular flexibility index (Phi) is 3.43. The molecule has 0 spiro atoms. The van der Waals surface area contributed by atoms with Crippen molar-refractivity contribution < 1.29 is 8.78 Å². The summed E-state index contributed by atoms with van der Waals surface area (Å²) in [5.41, 5.74) is 1.61. The zero-order valence-electron chi connectivity index (χ0n) is 14.0. The Bertz CT molecular complexity index is 1250. The van der Waals surface area contributed by atoms with Crippen LogP contribution in [0.3, 0.4) is 0 Å². The van der Waals surface area contributed by atoms with Gasteiger partial charge in [-0.05, 0) is 24.3 Å². The highest BCUT2D eigenvalue weighted by Crippen LogP contribution is 2.31. The molecule has 27 heavy (non-hydrogen) atoms. The zero-order valence-corrected chi connectivity index (χ0v) is 14.0. The van der Waals surface area contributed by atoms with Crippen molar-refractivity contribution in [1.82, 2.24) is 19.5 Å². The summed E-state index contributed by atoms with van der Waals surface area (Å²) in [6.07, 6.45) is 0. The molecule has 5 rings (SSSR count). The number of halogens is 2. The minimum Gasteiger partial charge on any atom is -0.287 e. The highest BCUT2D eigenvalue weighted by atomic mass is 19.1. The van der Waals surface area contributed by atoms with Gasteiger partial charge in [-0.2, -0.15) is 0 Å². The molecule has 0 bridgehead atoms. The van der Waals surface area contributed by atoms with Gasteiger partial charge >= 0.3 is 0 Å². The number of hydrogen-bond donors (Lipinski definition) is 0. The number of rotatable bonds is 2. The van der Waals surface area contributed by atoms with Crippen molar-refractivity contribution in [2.24, 2.45) is 0 Å². The van der Waals surface area contributed by atoms with Gasteiger partial charge in [0.1, 0.15) is 11.3 Å². The van der Waals surface area contributed by atoms with Gasteiger partial charge in [0.15, 0.2) is 23.3 Å². The third-order valence-corrected chi connectivity index (χ3v) is 4.38. The molecule has 3 aromatic carbocycles. The molecule has 0 atom stereocenters. The van der Waals surface area contributed by atoms with Gasteiger partial charge in [-0.25, -0.2) is 23.7 Å². The lowest BCUT2D eigenvalue weighted by molar-refractivity contribution is 0.618. The fraction of sp³-hybridized carbons (Fsp3) is 0. The van der Waals surface area contributed by atoms with Crippen LogP contribution in [0.5, 0.6) is 0 Å². The van der Waals surface area contributed by atoms with E-state index in [2.05, 4.69) is 15.0 Å². The third-order valence-electron chi connectivity index (χ3n) is 4.38. The summed E-state index contributed by atoms with van der Waals surface area (Å²) in [5, 5.41) is 0. The van der Waals surface area contributed by atoms with Crippen LogP contribution in [0.4, 0.5) is 8.78 Å². The molecule has 0 radical (unpaired) electrons. The average Bonchev–Trinajstić information content (AvgIpc) is 3.12. The molecule has 130 valence electrons. The molecule has 0 aliphatic carbocycles. The van der Waals surface area contributed by atoms with Crippen molar-refractivity contribution in [2.45, 2.75) is 0 Å². The summed E-state index contributed by atoms with van der Waals surface area (Å²) in [4.78, 5) is 13.4. The minimum absolute atomic E-state index is 0.118. The molecule has 2 heterocycles. The van der Waals surface area contributed by atoms with E-state index in [9.17, 15) is 8.78 Å². The molecule has 0 unspecified atom stereocenters. The van der Waals surface area contributed by atoms with Gasteiger partial charge in [0.25, 0.3) is 0 Å². The first-order valence-corrected chi connectivity index (χ1v) is 8.37. The quantitative estimate of drug-likeness (QED) is 0.452. The van der Waals surface area contributed by atoms with Crippen LogP contribution in [0.15, 0.2) is 72.8 Å². The molecule has 4 nitrogen and oxygen atoms in total. The summed E-state index contributed by atoms with van der Waals surface area (Å²) >= 11 is 0. The van der Waals surface area contributed by atoms with Crippen LogP contribution in [-0.2, 0) is 0 Å². The monoisotopic (exact) mass is 358 g/mol. The van der Waals surface area contributed by atoms with E-state index in [0.717, 1.165) is 5.56 Å². The van der Waals surface area contributed by atoms with Crippen molar-refractivity contribution in [3.8, 4) is 28.7 Å².